The van der Waals surface area contributed by atoms with E-state index in [1.807, 2.05) is 0 Å². The van der Waals surface area contributed by atoms with Crippen LogP contribution in [0.4, 0.5) is 0 Å². The Balaban J connectivity index is 2.28. The van der Waals surface area contributed by atoms with E-state index in [1.165, 1.54) is 14.0 Å². The molecule has 20 heavy (non-hydrogen) atoms. The maximum atomic E-state index is 12.4. The molecule has 0 aromatic carbocycles. The van der Waals surface area contributed by atoms with Crippen LogP contribution in [-0.4, -0.2) is 56.6 Å². The second kappa shape index (κ2) is 5.64. The lowest BCUT2D eigenvalue weighted by Crippen LogP contribution is -2.48. The van der Waals surface area contributed by atoms with E-state index < -0.39 is 27.0 Å². The van der Waals surface area contributed by atoms with Gasteiger partial charge >= 0.3 is 10.8 Å². The first-order valence-electron chi connectivity index (χ1n) is 5.75. The van der Waals surface area contributed by atoms with Crippen molar-refractivity contribution in [1.29, 1.82) is 0 Å². The largest absolute Gasteiger partial charge is 0.467 e. The van der Waals surface area contributed by atoms with Crippen molar-refractivity contribution in [3.63, 3.8) is 0 Å². The number of H-pyrrole nitrogens is 1. The molecule has 2 heterocycles. The van der Waals surface area contributed by atoms with Gasteiger partial charge in [0.05, 0.1) is 20.3 Å². The minimum Gasteiger partial charge on any atom is -0.467 e. The van der Waals surface area contributed by atoms with Crippen molar-refractivity contribution < 1.29 is 22.7 Å². The zero-order valence-corrected chi connectivity index (χ0v) is 12.5. The molecule has 0 amide bonds. The number of ether oxygens (including phenoxy) is 2. The number of aryl methyl sites for hydroxylation is 1. The molecule has 1 aliphatic heterocycles. The summed E-state index contributed by atoms with van der Waals surface area (Å²) in [7, 11) is -2.60. The molecular formula is C10H14N2O6S2. The molecule has 1 atom stereocenters. The van der Waals surface area contributed by atoms with Crippen LogP contribution in [0.5, 0.6) is 0 Å². The molecule has 1 fully saturated rings. The summed E-state index contributed by atoms with van der Waals surface area (Å²) in [5.74, 6) is -0.621. The summed E-state index contributed by atoms with van der Waals surface area (Å²) < 4.78 is 35.7. The van der Waals surface area contributed by atoms with Crippen LogP contribution in [-0.2, 0) is 24.3 Å². The molecule has 0 radical (unpaired) electrons. The SMILES string of the molecule is COC(=O)C1CN(S(=O)(=O)c2sc(=O)[nH]c2C)CCO1. The highest BCUT2D eigenvalue weighted by atomic mass is 32.2. The maximum Gasteiger partial charge on any atom is 0.336 e. The van der Waals surface area contributed by atoms with Crippen LogP contribution in [0.3, 0.4) is 0 Å². The number of hydrogen-bond acceptors (Lipinski definition) is 7. The summed E-state index contributed by atoms with van der Waals surface area (Å²) >= 11 is 0.633. The van der Waals surface area contributed by atoms with E-state index in [1.54, 1.807) is 0 Å². The molecule has 1 aromatic heterocycles. The molecule has 0 spiro atoms. The van der Waals surface area contributed by atoms with Gasteiger partial charge in [-0.1, -0.05) is 11.3 Å². The molecule has 112 valence electrons. The topological polar surface area (TPSA) is 106 Å². The molecule has 8 nitrogen and oxygen atoms in total. The average Bonchev–Trinajstić information content (AvgIpc) is 2.77. The van der Waals surface area contributed by atoms with Crippen molar-refractivity contribution >= 4 is 27.3 Å². The Bertz CT molecular complexity index is 662. The van der Waals surface area contributed by atoms with E-state index in [-0.39, 0.29) is 23.9 Å². The van der Waals surface area contributed by atoms with Crippen molar-refractivity contribution in [2.75, 3.05) is 26.8 Å². The molecule has 1 aliphatic rings. The number of nitrogens with zero attached hydrogens (tertiary/aromatic N) is 1. The van der Waals surface area contributed by atoms with Gasteiger partial charge in [0.1, 0.15) is 0 Å². The molecule has 1 saturated heterocycles. The number of thiazole rings is 1. The summed E-state index contributed by atoms with van der Waals surface area (Å²) in [5, 5.41) is 0. The Morgan fingerprint density at radius 3 is 2.80 bits per heavy atom. The first-order chi connectivity index (χ1) is 9.36. The number of aromatic amines is 1. The van der Waals surface area contributed by atoms with Crippen molar-refractivity contribution in [2.45, 2.75) is 17.2 Å². The van der Waals surface area contributed by atoms with Crippen LogP contribution >= 0.6 is 11.3 Å². The van der Waals surface area contributed by atoms with Gasteiger partial charge in [-0.05, 0) is 6.92 Å². The first kappa shape index (κ1) is 15.2. The monoisotopic (exact) mass is 322 g/mol. The van der Waals surface area contributed by atoms with Gasteiger partial charge in [-0.2, -0.15) is 4.31 Å². The van der Waals surface area contributed by atoms with Crippen molar-refractivity contribution in [3.05, 3.63) is 15.4 Å². The van der Waals surface area contributed by atoms with Crippen LogP contribution in [0.2, 0.25) is 0 Å². The molecule has 1 unspecified atom stereocenters. The second-order valence-corrected chi connectivity index (χ2v) is 7.29. The fourth-order valence-corrected chi connectivity index (χ4v) is 4.73. The maximum absolute atomic E-state index is 12.4. The third kappa shape index (κ3) is 2.77. The lowest BCUT2D eigenvalue weighted by atomic mass is 10.3. The summed E-state index contributed by atoms with van der Waals surface area (Å²) in [6.45, 7) is 1.61. The molecule has 0 bridgehead atoms. The number of rotatable bonds is 3. The standard InChI is InChI=1S/C10H14N2O6S2/c1-6-9(19-10(14)11-6)20(15,16)12-3-4-18-7(5-12)8(13)17-2/h7H,3-5H2,1-2H3,(H,11,14). The summed E-state index contributed by atoms with van der Waals surface area (Å²) in [6, 6.07) is 0. The van der Waals surface area contributed by atoms with E-state index in [0.717, 1.165) is 4.31 Å². The fraction of sp³-hybridized carbons (Fsp3) is 0.600. The predicted octanol–water partition coefficient (Wildman–Crippen LogP) is -0.693. The van der Waals surface area contributed by atoms with Gasteiger partial charge in [0.2, 0.25) is 0 Å². The van der Waals surface area contributed by atoms with E-state index in [2.05, 4.69) is 9.72 Å². The van der Waals surface area contributed by atoms with Crippen molar-refractivity contribution in [1.82, 2.24) is 9.29 Å². The van der Waals surface area contributed by atoms with E-state index in [0.29, 0.717) is 17.0 Å². The quantitative estimate of drug-likeness (QED) is 0.738. The van der Waals surface area contributed by atoms with Crippen molar-refractivity contribution in [2.24, 2.45) is 0 Å². The Kier molecular flexibility index (Phi) is 4.28. The lowest BCUT2D eigenvalue weighted by Gasteiger charge is -2.30. The van der Waals surface area contributed by atoms with Crippen LogP contribution < -0.4 is 4.87 Å². The number of carbonyl (C=O) groups is 1. The van der Waals surface area contributed by atoms with E-state index >= 15 is 0 Å². The summed E-state index contributed by atoms with van der Waals surface area (Å²) in [5.41, 5.74) is 0.293. The minimum atomic E-state index is -3.81. The normalized spacial score (nSPS) is 20.8. The highest BCUT2D eigenvalue weighted by Gasteiger charge is 2.36. The Hall–Kier alpha value is -1.23. The smallest absolute Gasteiger partial charge is 0.336 e. The average molecular weight is 322 g/mol. The number of nitrogens with one attached hydrogen (secondary N) is 1. The van der Waals surface area contributed by atoms with Gasteiger partial charge in [0.25, 0.3) is 10.0 Å². The number of carbonyl (C=O) groups excluding carboxylic acids is 1. The van der Waals surface area contributed by atoms with E-state index in [4.69, 9.17) is 4.74 Å². The van der Waals surface area contributed by atoms with E-state index in [9.17, 15) is 18.0 Å². The van der Waals surface area contributed by atoms with Crippen molar-refractivity contribution in [3.8, 4) is 0 Å². The predicted molar refractivity (Wildman–Crippen MR) is 70.2 cm³/mol. The van der Waals surface area contributed by atoms with Gasteiger partial charge in [-0.25, -0.2) is 13.2 Å². The summed E-state index contributed by atoms with van der Waals surface area (Å²) in [6.07, 6.45) is -0.945. The Labute approximate surface area is 119 Å². The Morgan fingerprint density at radius 1 is 1.55 bits per heavy atom. The number of hydrogen-bond donors (Lipinski definition) is 1. The molecule has 0 aliphatic carbocycles. The number of sulfonamides is 1. The lowest BCUT2D eigenvalue weighted by molar-refractivity contribution is -0.157. The number of aromatic nitrogens is 1. The van der Waals surface area contributed by atoms with Gasteiger partial charge in [0.15, 0.2) is 10.3 Å². The molecule has 10 heteroatoms. The molecule has 1 aromatic rings. The number of morpholine rings is 1. The highest BCUT2D eigenvalue weighted by Crippen LogP contribution is 2.23. The van der Waals surface area contributed by atoms with Gasteiger partial charge < -0.3 is 14.5 Å². The number of esters is 1. The first-order valence-corrected chi connectivity index (χ1v) is 8.01. The highest BCUT2D eigenvalue weighted by molar-refractivity contribution is 7.91. The number of methoxy groups -OCH3 is 1. The second-order valence-electron chi connectivity index (χ2n) is 4.17. The van der Waals surface area contributed by atoms with Gasteiger partial charge in [-0.15, -0.1) is 0 Å². The van der Waals surface area contributed by atoms with Crippen LogP contribution in [0.15, 0.2) is 9.00 Å². The fourth-order valence-electron chi connectivity index (χ4n) is 1.87. The molecule has 1 N–H and O–H groups in total. The third-order valence-electron chi connectivity index (χ3n) is 2.85. The van der Waals surface area contributed by atoms with Crippen LogP contribution in [0, 0.1) is 6.92 Å². The zero-order chi connectivity index (χ0) is 14.9. The zero-order valence-electron chi connectivity index (χ0n) is 10.9. The third-order valence-corrected chi connectivity index (χ3v) is 6.30. The molecule has 2 rings (SSSR count). The minimum absolute atomic E-state index is 0.0342. The van der Waals surface area contributed by atoms with Gasteiger partial charge in [-0.3, -0.25) is 4.79 Å². The van der Waals surface area contributed by atoms with Gasteiger partial charge in [0, 0.05) is 12.2 Å². The van der Waals surface area contributed by atoms with Crippen LogP contribution in [0.1, 0.15) is 5.69 Å². The summed E-state index contributed by atoms with van der Waals surface area (Å²) in [4.78, 5) is 24.7. The molecule has 0 saturated carbocycles. The molecular weight excluding hydrogens is 308 g/mol. The Morgan fingerprint density at radius 2 is 2.25 bits per heavy atom. The van der Waals surface area contributed by atoms with Crippen LogP contribution in [0.25, 0.3) is 0 Å².